The van der Waals surface area contributed by atoms with E-state index in [1.54, 1.807) is 0 Å². The number of rotatable bonds is 42. The van der Waals surface area contributed by atoms with Gasteiger partial charge in [-0.1, -0.05) is 144 Å². The average Bonchev–Trinajstić information content (AvgIpc) is 3.23. The number of unbranched alkanes of at least 4 members (excludes halogenated alkanes) is 11. The maximum Gasteiger partial charge on any atom is 0.472 e. The molecule has 1 unspecified atom stereocenters. The number of aliphatic hydroxyl groups excluding tert-OH is 1. The van der Waals surface area contributed by atoms with E-state index in [4.69, 9.17) is 18.5 Å². The first-order valence-electron chi connectivity index (χ1n) is 23.9. The number of aliphatic hydroxyl groups is 1. The Morgan fingerprint density at radius 2 is 1.02 bits per heavy atom. The predicted molar refractivity (Wildman–Crippen MR) is 258 cm³/mol. The molecule has 0 bridgehead atoms. The standard InChI is InChI=1S/C51H88NO9P/c1-6-8-9-10-11-12-13-14-15-16-17-18-19-20-25-28-31-34-37-40-43-51(55)61-49(47-60-62(56,57)59-45-44-52(3,4)5)46-58-50(54)42-39-36-33-30-27-24-22-21-23-26-29-32-35-38-41-48(53)7-2/h12-13,15-16,18-19,22-24,26,30,32-33,35,48-49,53H,6-11,14,17,20-21,25,27-29,31,34,36-47H2,1-5H3/p+1/b13-12-,16-15-,19-18-,24-22-,26-23-,33-30-,35-32-/t48-,49+/m0/s1. The van der Waals surface area contributed by atoms with Crippen molar-refractivity contribution in [1.29, 1.82) is 0 Å². The molecule has 62 heavy (non-hydrogen) atoms. The number of nitrogens with zero attached hydrogens (tertiary/aromatic N) is 1. The molecule has 0 spiro atoms. The molecule has 0 aromatic rings. The van der Waals surface area contributed by atoms with Crippen molar-refractivity contribution in [2.75, 3.05) is 47.5 Å². The largest absolute Gasteiger partial charge is 0.472 e. The van der Waals surface area contributed by atoms with Gasteiger partial charge in [-0.05, 0) is 96.3 Å². The van der Waals surface area contributed by atoms with Crippen molar-refractivity contribution in [3.63, 3.8) is 0 Å². The van der Waals surface area contributed by atoms with Crippen LogP contribution in [0.1, 0.15) is 168 Å². The average molecular weight is 891 g/mol. The van der Waals surface area contributed by atoms with Gasteiger partial charge in [-0.15, -0.1) is 0 Å². The molecule has 0 aliphatic heterocycles. The zero-order valence-corrected chi connectivity index (χ0v) is 40.6. The molecular weight excluding hydrogens is 802 g/mol. The number of quaternary nitrogens is 1. The number of hydrogen-bond donors (Lipinski definition) is 2. The van der Waals surface area contributed by atoms with E-state index < -0.39 is 32.5 Å². The zero-order valence-electron chi connectivity index (χ0n) is 39.7. The number of hydrogen-bond acceptors (Lipinski definition) is 8. The number of allylic oxidation sites excluding steroid dienone is 14. The number of esters is 2. The Morgan fingerprint density at radius 3 is 1.53 bits per heavy atom. The lowest BCUT2D eigenvalue weighted by atomic mass is 10.1. The molecule has 0 heterocycles. The van der Waals surface area contributed by atoms with Crippen LogP contribution in [0.3, 0.4) is 0 Å². The third-order valence-corrected chi connectivity index (χ3v) is 10.8. The number of likely N-dealkylation sites (N-methyl/N-ethyl adjacent to an activating group) is 1. The molecule has 356 valence electrons. The first-order chi connectivity index (χ1) is 29.9. The minimum atomic E-state index is -4.41. The fraction of sp³-hybridized carbons (Fsp3) is 0.686. The van der Waals surface area contributed by atoms with E-state index >= 15 is 0 Å². The molecule has 0 aromatic heterocycles. The van der Waals surface area contributed by atoms with Crippen LogP contribution in [0.5, 0.6) is 0 Å². The van der Waals surface area contributed by atoms with Crippen molar-refractivity contribution < 1.29 is 47.2 Å². The summed E-state index contributed by atoms with van der Waals surface area (Å²) in [4.78, 5) is 35.4. The molecule has 3 atom stereocenters. The molecule has 2 N–H and O–H groups in total. The summed E-state index contributed by atoms with van der Waals surface area (Å²) in [6.45, 7) is 4.02. The number of phosphoric acid groups is 1. The highest BCUT2D eigenvalue weighted by Crippen LogP contribution is 2.43. The Labute approximate surface area is 378 Å². The maximum atomic E-state index is 12.7. The van der Waals surface area contributed by atoms with Gasteiger partial charge in [0.05, 0.1) is 33.9 Å². The third kappa shape index (κ3) is 45.2. The molecule has 10 nitrogen and oxygen atoms in total. The van der Waals surface area contributed by atoms with E-state index in [1.165, 1.54) is 32.1 Å². The fourth-order valence-corrected chi connectivity index (χ4v) is 6.62. The summed E-state index contributed by atoms with van der Waals surface area (Å²) >= 11 is 0. The summed E-state index contributed by atoms with van der Waals surface area (Å²) < 4.78 is 34.3. The summed E-state index contributed by atoms with van der Waals surface area (Å²) in [7, 11) is 1.40. The van der Waals surface area contributed by atoms with Gasteiger partial charge in [-0.3, -0.25) is 18.6 Å². The molecular formula is C51H89NO9P+. The fourth-order valence-electron chi connectivity index (χ4n) is 5.87. The second kappa shape index (κ2) is 42.1. The van der Waals surface area contributed by atoms with E-state index in [9.17, 15) is 24.2 Å². The van der Waals surface area contributed by atoms with E-state index in [0.29, 0.717) is 23.9 Å². The Balaban J connectivity index is 4.45. The monoisotopic (exact) mass is 891 g/mol. The molecule has 0 fully saturated rings. The van der Waals surface area contributed by atoms with E-state index in [1.807, 2.05) is 34.1 Å². The second-order valence-electron chi connectivity index (χ2n) is 16.9. The Kier molecular flexibility index (Phi) is 40.2. The van der Waals surface area contributed by atoms with Crippen LogP contribution in [-0.4, -0.2) is 86.1 Å². The third-order valence-electron chi connectivity index (χ3n) is 9.81. The van der Waals surface area contributed by atoms with Crippen LogP contribution in [0.15, 0.2) is 85.1 Å². The minimum absolute atomic E-state index is 0.0100. The van der Waals surface area contributed by atoms with Crippen LogP contribution in [0.25, 0.3) is 0 Å². The summed E-state index contributed by atoms with van der Waals surface area (Å²) in [5.74, 6) is -0.904. The van der Waals surface area contributed by atoms with Gasteiger partial charge < -0.3 is 24.0 Å². The SMILES string of the molecule is CCCCCC/C=C\C/C=C\C/C=C\CCCCCCCCC(=O)O[C@H](COC(=O)CCC/C=C\C/C=C\C/C=C\C/C=C\CC[C@@H](O)CC)COP(=O)(O)OCC[N+](C)(C)C. The smallest absolute Gasteiger partial charge is 0.462 e. The van der Waals surface area contributed by atoms with Crippen molar-refractivity contribution >= 4 is 19.8 Å². The first-order valence-corrected chi connectivity index (χ1v) is 25.4. The van der Waals surface area contributed by atoms with Crippen molar-refractivity contribution in [2.45, 2.75) is 180 Å². The topological polar surface area (TPSA) is 129 Å². The number of phosphoric ester groups is 1. The van der Waals surface area contributed by atoms with Gasteiger partial charge >= 0.3 is 19.8 Å². The number of ether oxygens (including phenoxy) is 2. The lowest BCUT2D eigenvalue weighted by Gasteiger charge is -2.24. The van der Waals surface area contributed by atoms with Gasteiger partial charge in [-0.25, -0.2) is 4.57 Å². The summed E-state index contributed by atoms with van der Waals surface area (Å²) in [6, 6.07) is 0. The quantitative estimate of drug-likeness (QED) is 0.0202. The van der Waals surface area contributed by atoms with Crippen molar-refractivity contribution in [2.24, 2.45) is 0 Å². The summed E-state index contributed by atoms with van der Waals surface area (Å²) in [5, 5.41) is 9.58. The van der Waals surface area contributed by atoms with Crippen molar-refractivity contribution in [1.82, 2.24) is 0 Å². The Hall–Kier alpha value is -2.85. The molecule has 11 heteroatoms. The van der Waals surface area contributed by atoms with Crippen molar-refractivity contribution in [3.8, 4) is 0 Å². The van der Waals surface area contributed by atoms with Gasteiger partial charge in [0.1, 0.15) is 19.8 Å². The van der Waals surface area contributed by atoms with Crippen LogP contribution >= 0.6 is 7.82 Å². The van der Waals surface area contributed by atoms with Crippen LogP contribution in [0, 0.1) is 0 Å². The van der Waals surface area contributed by atoms with Gasteiger partial charge in [-0.2, -0.15) is 0 Å². The van der Waals surface area contributed by atoms with Crippen LogP contribution < -0.4 is 0 Å². The number of carbonyl (C=O) groups excluding carboxylic acids is 2. The molecule has 0 saturated heterocycles. The number of carbonyl (C=O) groups is 2. The van der Waals surface area contributed by atoms with Crippen LogP contribution in [-0.2, 0) is 32.7 Å². The van der Waals surface area contributed by atoms with Gasteiger partial charge in [0.2, 0.25) is 0 Å². The van der Waals surface area contributed by atoms with Gasteiger partial charge in [0.15, 0.2) is 6.10 Å². The molecule has 0 radical (unpaired) electrons. The Bertz CT molecular complexity index is 1340. The second-order valence-corrected chi connectivity index (χ2v) is 18.4. The van der Waals surface area contributed by atoms with Crippen LogP contribution in [0.4, 0.5) is 0 Å². The molecule has 0 saturated carbocycles. The minimum Gasteiger partial charge on any atom is -0.462 e. The molecule has 0 aliphatic rings. The highest BCUT2D eigenvalue weighted by Gasteiger charge is 2.27. The molecule has 0 rings (SSSR count). The van der Waals surface area contributed by atoms with Gasteiger partial charge in [0.25, 0.3) is 0 Å². The van der Waals surface area contributed by atoms with E-state index in [2.05, 4.69) is 85.9 Å². The maximum absolute atomic E-state index is 12.7. The summed E-state index contributed by atoms with van der Waals surface area (Å²) in [5.41, 5.74) is 0. The van der Waals surface area contributed by atoms with Crippen molar-refractivity contribution in [3.05, 3.63) is 85.1 Å². The zero-order chi connectivity index (χ0) is 45.8. The van der Waals surface area contributed by atoms with Gasteiger partial charge in [0, 0.05) is 12.8 Å². The lowest BCUT2D eigenvalue weighted by Crippen LogP contribution is -2.37. The normalized spacial score (nSPS) is 14.8. The van der Waals surface area contributed by atoms with Crippen LogP contribution in [0.2, 0.25) is 0 Å². The molecule has 0 amide bonds. The Morgan fingerprint density at radius 1 is 0.565 bits per heavy atom. The molecule has 0 aromatic carbocycles. The first kappa shape index (κ1) is 59.1. The predicted octanol–water partition coefficient (Wildman–Crippen LogP) is 12.9. The van der Waals surface area contributed by atoms with E-state index in [-0.39, 0.29) is 32.2 Å². The highest BCUT2D eigenvalue weighted by molar-refractivity contribution is 7.47. The lowest BCUT2D eigenvalue weighted by molar-refractivity contribution is -0.870. The molecule has 0 aliphatic carbocycles. The van der Waals surface area contributed by atoms with E-state index in [0.717, 1.165) is 96.3 Å². The summed E-state index contributed by atoms with van der Waals surface area (Å²) in [6.07, 6.45) is 51.5. The highest BCUT2D eigenvalue weighted by atomic mass is 31.2.